The van der Waals surface area contributed by atoms with E-state index in [4.69, 9.17) is 0 Å². The van der Waals surface area contributed by atoms with E-state index in [-0.39, 0.29) is 17.6 Å². The third-order valence-electron chi connectivity index (χ3n) is 4.41. The number of anilines is 2. The van der Waals surface area contributed by atoms with Crippen LogP contribution in [-0.2, 0) is 9.59 Å². The second kappa shape index (κ2) is 7.38. The zero-order valence-electron chi connectivity index (χ0n) is 14.3. The molecule has 1 aliphatic heterocycles. The molecule has 0 aliphatic carbocycles. The molecule has 1 heterocycles. The lowest BCUT2D eigenvalue weighted by molar-refractivity contribution is -0.127. The number of hydrazine groups is 1. The van der Waals surface area contributed by atoms with Crippen molar-refractivity contribution in [2.75, 3.05) is 10.0 Å². The maximum absolute atomic E-state index is 13.0. The molecule has 0 bridgehead atoms. The number of carbonyl (C=O) groups is 2. The highest BCUT2D eigenvalue weighted by Gasteiger charge is 2.46. The van der Waals surface area contributed by atoms with E-state index in [0.717, 1.165) is 19.3 Å². The molecule has 1 aliphatic rings. The Morgan fingerprint density at radius 1 is 0.840 bits per heavy atom. The van der Waals surface area contributed by atoms with E-state index in [0.29, 0.717) is 17.8 Å². The minimum absolute atomic E-state index is 0.118. The Bertz CT molecular complexity index is 743. The molecule has 1 fully saturated rings. The zero-order chi connectivity index (χ0) is 17.8. The van der Waals surface area contributed by atoms with E-state index in [1.54, 1.807) is 12.1 Å². The lowest BCUT2D eigenvalue weighted by Crippen LogP contribution is -2.41. The molecule has 1 atom stereocenters. The van der Waals surface area contributed by atoms with Gasteiger partial charge >= 0.3 is 0 Å². The van der Waals surface area contributed by atoms with Crippen molar-refractivity contribution in [3.05, 3.63) is 54.6 Å². The van der Waals surface area contributed by atoms with Crippen molar-refractivity contribution in [1.82, 2.24) is 0 Å². The molecular formula is C20H22N2O3. The number of carbonyl (C=O) groups excluding carboxylic acids is 2. The Balaban J connectivity index is 1.97. The maximum Gasteiger partial charge on any atom is 0.258 e. The highest BCUT2D eigenvalue weighted by atomic mass is 16.3. The number of hydrogen-bond acceptors (Lipinski definition) is 3. The Morgan fingerprint density at radius 2 is 1.40 bits per heavy atom. The van der Waals surface area contributed by atoms with Gasteiger partial charge in [-0.15, -0.1) is 0 Å². The van der Waals surface area contributed by atoms with Crippen LogP contribution in [0.5, 0.6) is 5.75 Å². The summed E-state index contributed by atoms with van der Waals surface area (Å²) in [4.78, 5) is 26.0. The quantitative estimate of drug-likeness (QED) is 0.642. The molecule has 3 rings (SSSR count). The SMILES string of the molecule is CCCCCC1C(=O)N(c2ccccc2)N(c2ccc(O)cc2)C1=O. The second-order valence-corrected chi connectivity index (χ2v) is 6.20. The standard InChI is InChI=1S/C20H22N2O3/c1-2-3-5-10-18-19(24)21(15-8-6-4-7-9-15)22(20(18)25)16-11-13-17(23)14-12-16/h4,6-9,11-14,18,23H,2-3,5,10H2,1H3. The van der Waals surface area contributed by atoms with Gasteiger partial charge in [0.25, 0.3) is 11.8 Å². The van der Waals surface area contributed by atoms with Crippen LogP contribution in [0.2, 0.25) is 0 Å². The van der Waals surface area contributed by atoms with Crippen LogP contribution in [-0.4, -0.2) is 16.9 Å². The van der Waals surface area contributed by atoms with E-state index in [2.05, 4.69) is 6.92 Å². The lowest BCUT2D eigenvalue weighted by Gasteiger charge is -2.27. The van der Waals surface area contributed by atoms with Crippen molar-refractivity contribution in [1.29, 1.82) is 0 Å². The summed E-state index contributed by atoms with van der Waals surface area (Å²) in [5, 5.41) is 12.4. The minimum atomic E-state index is -0.652. The summed E-state index contributed by atoms with van der Waals surface area (Å²) in [6.45, 7) is 2.09. The molecule has 1 unspecified atom stereocenters. The molecule has 2 aromatic carbocycles. The number of rotatable bonds is 6. The van der Waals surface area contributed by atoms with Gasteiger partial charge in [-0.1, -0.05) is 44.4 Å². The molecule has 25 heavy (non-hydrogen) atoms. The van der Waals surface area contributed by atoms with Gasteiger partial charge in [-0.2, -0.15) is 0 Å². The number of benzene rings is 2. The molecule has 130 valence electrons. The molecule has 2 amide bonds. The third kappa shape index (κ3) is 3.36. The van der Waals surface area contributed by atoms with Crippen molar-refractivity contribution < 1.29 is 14.7 Å². The number of unbranched alkanes of at least 4 members (excludes halogenated alkanes) is 2. The van der Waals surface area contributed by atoms with Gasteiger partial charge < -0.3 is 5.11 Å². The summed E-state index contributed by atoms with van der Waals surface area (Å²) in [7, 11) is 0. The molecule has 1 saturated heterocycles. The normalized spacial score (nSPS) is 17.4. The zero-order valence-corrected chi connectivity index (χ0v) is 14.3. The second-order valence-electron chi connectivity index (χ2n) is 6.20. The van der Waals surface area contributed by atoms with E-state index in [1.165, 1.54) is 22.2 Å². The van der Waals surface area contributed by atoms with Gasteiger partial charge in [0.15, 0.2) is 0 Å². The van der Waals surface area contributed by atoms with Crippen LogP contribution in [0, 0.1) is 5.92 Å². The average Bonchev–Trinajstić information content (AvgIpc) is 2.88. The molecule has 5 nitrogen and oxygen atoms in total. The van der Waals surface area contributed by atoms with Crippen LogP contribution in [0.3, 0.4) is 0 Å². The first kappa shape index (κ1) is 17.0. The van der Waals surface area contributed by atoms with Gasteiger partial charge in [0.2, 0.25) is 0 Å². The summed E-state index contributed by atoms with van der Waals surface area (Å²) in [5.41, 5.74) is 1.23. The van der Waals surface area contributed by atoms with E-state index in [9.17, 15) is 14.7 Å². The van der Waals surface area contributed by atoms with Crippen LogP contribution < -0.4 is 10.0 Å². The first-order chi connectivity index (χ1) is 12.1. The van der Waals surface area contributed by atoms with Crippen LogP contribution in [0.15, 0.2) is 54.6 Å². The minimum Gasteiger partial charge on any atom is -0.508 e. The highest BCUT2D eigenvalue weighted by Crippen LogP contribution is 2.34. The van der Waals surface area contributed by atoms with Crippen molar-refractivity contribution in [3.63, 3.8) is 0 Å². The van der Waals surface area contributed by atoms with Crippen molar-refractivity contribution in [2.45, 2.75) is 32.6 Å². The molecule has 0 aromatic heterocycles. The predicted molar refractivity (Wildman–Crippen MR) is 97.2 cm³/mol. The fourth-order valence-corrected chi connectivity index (χ4v) is 3.09. The molecular weight excluding hydrogens is 316 g/mol. The first-order valence-electron chi connectivity index (χ1n) is 8.65. The van der Waals surface area contributed by atoms with Gasteiger partial charge in [0, 0.05) is 0 Å². The van der Waals surface area contributed by atoms with Crippen molar-refractivity contribution >= 4 is 23.2 Å². The van der Waals surface area contributed by atoms with Gasteiger partial charge in [0.1, 0.15) is 11.7 Å². The summed E-state index contributed by atoms with van der Waals surface area (Å²) in [5.74, 6) is -0.941. The highest BCUT2D eigenvalue weighted by molar-refractivity contribution is 6.23. The Labute approximate surface area is 147 Å². The lowest BCUT2D eigenvalue weighted by atomic mass is 10.0. The molecule has 0 spiro atoms. The first-order valence-corrected chi connectivity index (χ1v) is 8.65. The number of nitrogens with zero attached hydrogens (tertiary/aromatic N) is 2. The van der Waals surface area contributed by atoms with Gasteiger partial charge in [0.05, 0.1) is 11.4 Å². The van der Waals surface area contributed by atoms with Gasteiger partial charge in [-0.25, -0.2) is 10.0 Å². The number of aromatic hydroxyl groups is 1. The van der Waals surface area contributed by atoms with Gasteiger partial charge in [-0.05, 0) is 42.8 Å². The third-order valence-corrected chi connectivity index (χ3v) is 4.41. The monoisotopic (exact) mass is 338 g/mol. The number of hydrogen-bond donors (Lipinski definition) is 1. The Hall–Kier alpha value is -2.82. The molecule has 5 heteroatoms. The molecule has 2 aromatic rings. The summed E-state index contributed by atoms with van der Waals surface area (Å²) in [6, 6.07) is 15.5. The smallest absolute Gasteiger partial charge is 0.258 e. The summed E-state index contributed by atoms with van der Waals surface area (Å²) < 4.78 is 0. The summed E-state index contributed by atoms with van der Waals surface area (Å²) in [6.07, 6.45) is 3.45. The van der Waals surface area contributed by atoms with Crippen LogP contribution in [0.4, 0.5) is 11.4 Å². The Kier molecular flexibility index (Phi) is 5.03. The topological polar surface area (TPSA) is 60.9 Å². The molecule has 1 N–H and O–H groups in total. The summed E-state index contributed by atoms with van der Waals surface area (Å²) >= 11 is 0. The van der Waals surface area contributed by atoms with E-state index < -0.39 is 5.92 Å². The van der Waals surface area contributed by atoms with Crippen LogP contribution in [0.25, 0.3) is 0 Å². The number of phenols is 1. The number of phenolic OH excluding ortho intramolecular Hbond substituents is 1. The average molecular weight is 338 g/mol. The maximum atomic E-state index is 13.0. The fourth-order valence-electron chi connectivity index (χ4n) is 3.09. The van der Waals surface area contributed by atoms with Crippen molar-refractivity contribution in [3.8, 4) is 5.75 Å². The fraction of sp³-hybridized carbons (Fsp3) is 0.300. The van der Waals surface area contributed by atoms with Crippen LogP contribution >= 0.6 is 0 Å². The predicted octanol–water partition coefficient (Wildman–Crippen LogP) is 3.88. The molecule has 0 saturated carbocycles. The van der Waals surface area contributed by atoms with E-state index >= 15 is 0 Å². The largest absolute Gasteiger partial charge is 0.508 e. The number of para-hydroxylation sites is 1. The van der Waals surface area contributed by atoms with E-state index in [1.807, 2.05) is 30.3 Å². The molecule has 0 radical (unpaired) electrons. The number of amides is 2. The van der Waals surface area contributed by atoms with Gasteiger partial charge in [-0.3, -0.25) is 9.59 Å². The Morgan fingerprint density at radius 3 is 1.96 bits per heavy atom. The van der Waals surface area contributed by atoms with Crippen molar-refractivity contribution in [2.24, 2.45) is 5.92 Å². The van der Waals surface area contributed by atoms with Crippen LogP contribution in [0.1, 0.15) is 32.6 Å².